The Labute approximate surface area is 85.3 Å². The van der Waals surface area contributed by atoms with Crippen LogP contribution in [-0.2, 0) is 14.8 Å². The summed E-state index contributed by atoms with van der Waals surface area (Å²) in [6.07, 6.45) is 1.08. The summed E-state index contributed by atoms with van der Waals surface area (Å²) in [5, 5.41) is 2.66. The molecule has 0 radical (unpaired) electrons. The largest absolute Gasteiger partial charge is 0.356 e. The van der Waals surface area contributed by atoms with Crippen LogP contribution in [0.2, 0.25) is 0 Å². The predicted molar refractivity (Wildman–Crippen MR) is 55.4 cm³/mol. The minimum Gasteiger partial charge on any atom is -0.356 e. The van der Waals surface area contributed by atoms with E-state index in [1.54, 1.807) is 6.92 Å². The van der Waals surface area contributed by atoms with E-state index in [-0.39, 0.29) is 24.6 Å². The van der Waals surface area contributed by atoms with Crippen LogP contribution in [0.4, 0.5) is 0 Å². The smallest absolute Gasteiger partial charge is 0.221 e. The zero-order valence-corrected chi connectivity index (χ0v) is 9.49. The molecule has 0 fully saturated rings. The lowest BCUT2D eigenvalue weighted by atomic mass is 10.4. The molecule has 0 aromatic carbocycles. The van der Waals surface area contributed by atoms with E-state index in [9.17, 15) is 13.2 Å². The lowest BCUT2D eigenvalue weighted by Crippen LogP contribution is -2.31. The van der Waals surface area contributed by atoms with Crippen LogP contribution in [-0.4, -0.2) is 33.2 Å². The van der Waals surface area contributed by atoms with Crippen LogP contribution in [0, 0.1) is 0 Å². The van der Waals surface area contributed by atoms with Crippen LogP contribution in [0.5, 0.6) is 0 Å². The van der Waals surface area contributed by atoms with Crippen LogP contribution in [0.3, 0.4) is 0 Å². The summed E-state index contributed by atoms with van der Waals surface area (Å²) in [5.74, 6) is -0.0745. The van der Waals surface area contributed by atoms with Crippen LogP contribution in [0.1, 0.15) is 26.7 Å². The highest BCUT2D eigenvalue weighted by Gasteiger charge is 2.06. The van der Waals surface area contributed by atoms with Gasteiger partial charge in [-0.25, -0.2) is 13.1 Å². The fourth-order valence-corrected chi connectivity index (χ4v) is 1.39. The van der Waals surface area contributed by atoms with Gasteiger partial charge in [0.25, 0.3) is 0 Å². The minimum absolute atomic E-state index is 0.0452. The molecule has 0 spiro atoms. The van der Waals surface area contributed by atoms with Gasteiger partial charge in [-0.1, -0.05) is 6.92 Å². The van der Waals surface area contributed by atoms with Gasteiger partial charge in [-0.2, -0.15) is 0 Å². The van der Waals surface area contributed by atoms with Gasteiger partial charge >= 0.3 is 0 Å². The van der Waals surface area contributed by atoms with E-state index in [1.807, 2.05) is 6.92 Å². The van der Waals surface area contributed by atoms with Crippen LogP contribution < -0.4 is 10.0 Å². The zero-order valence-electron chi connectivity index (χ0n) is 8.67. The van der Waals surface area contributed by atoms with E-state index in [1.165, 1.54) is 0 Å². The van der Waals surface area contributed by atoms with E-state index >= 15 is 0 Å². The topological polar surface area (TPSA) is 75.3 Å². The maximum absolute atomic E-state index is 11.0. The summed E-state index contributed by atoms with van der Waals surface area (Å²) < 4.78 is 24.2. The van der Waals surface area contributed by atoms with Crippen molar-refractivity contribution in [1.29, 1.82) is 0 Å². The highest BCUT2D eigenvalue weighted by atomic mass is 32.2. The van der Waals surface area contributed by atoms with Crippen molar-refractivity contribution < 1.29 is 13.2 Å². The van der Waals surface area contributed by atoms with Gasteiger partial charge in [0.05, 0.1) is 5.75 Å². The second-order valence-corrected chi connectivity index (χ2v) is 4.99. The number of nitrogens with one attached hydrogen (secondary N) is 2. The molecule has 0 aliphatic heterocycles. The van der Waals surface area contributed by atoms with Crippen molar-refractivity contribution in [2.75, 3.05) is 18.8 Å². The molecule has 5 nitrogen and oxygen atoms in total. The van der Waals surface area contributed by atoms with Crippen LogP contribution in [0.15, 0.2) is 0 Å². The highest BCUT2D eigenvalue weighted by molar-refractivity contribution is 7.89. The SMILES string of the molecule is CCCNC(=O)CCNS(=O)(=O)CC. The quantitative estimate of drug-likeness (QED) is 0.628. The average Bonchev–Trinajstić information content (AvgIpc) is 2.14. The number of carbonyl (C=O) groups excluding carboxylic acids is 1. The first-order valence-electron chi connectivity index (χ1n) is 4.76. The van der Waals surface area contributed by atoms with Gasteiger partial charge in [0.2, 0.25) is 15.9 Å². The summed E-state index contributed by atoms with van der Waals surface area (Å²) in [6.45, 7) is 4.32. The molecule has 0 saturated heterocycles. The van der Waals surface area contributed by atoms with Gasteiger partial charge < -0.3 is 5.32 Å². The molecule has 0 heterocycles. The number of hydrogen-bond acceptors (Lipinski definition) is 3. The Morgan fingerprint density at radius 1 is 1.21 bits per heavy atom. The molecule has 0 bridgehead atoms. The van der Waals surface area contributed by atoms with Crippen molar-refractivity contribution in [1.82, 2.24) is 10.0 Å². The molecule has 0 atom stereocenters. The molecule has 0 aliphatic rings. The average molecular weight is 222 g/mol. The molecule has 1 amide bonds. The van der Waals surface area contributed by atoms with Crippen molar-refractivity contribution in [2.24, 2.45) is 0 Å². The van der Waals surface area contributed by atoms with Crippen molar-refractivity contribution in [3.63, 3.8) is 0 Å². The standard InChI is InChI=1S/C8H18N2O3S/c1-3-6-9-8(11)5-7-10-14(12,13)4-2/h10H,3-7H2,1-2H3,(H,9,11). The summed E-state index contributed by atoms with van der Waals surface area (Å²) >= 11 is 0. The van der Waals surface area contributed by atoms with E-state index in [4.69, 9.17) is 0 Å². The summed E-state index contributed by atoms with van der Waals surface area (Å²) in [4.78, 5) is 11.0. The summed E-state index contributed by atoms with van der Waals surface area (Å²) in [5.41, 5.74) is 0. The first-order valence-corrected chi connectivity index (χ1v) is 6.41. The van der Waals surface area contributed by atoms with Gasteiger partial charge in [0, 0.05) is 19.5 Å². The van der Waals surface area contributed by atoms with Gasteiger partial charge in [-0.05, 0) is 13.3 Å². The van der Waals surface area contributed by atoms with E-state index in [0.29, 0.717) is 6.54 Å². The van der Waals surface area contributed by atoms with Gasteiger partial charge in [0.15, 0.2) is 0 Å². The number of rotatable bonds is 7. The molecule has 2 N–H and O–H groups in total. The Kier molecular flexibility index (Phi) is 6.48. The lowest BCUT2D eigenvalue weighted by Gasteiger charge is -2.04. The molecule has 0 unspecified atom stereocenters. The molecule has 14 heavy (non-hydrogen) atoms. The third-order valence-corrected chi connectivity index (χ3v) is 3.03. The number of sulfonamides is 1. The molecule has 6 heteroatoms. The number of hydrogen-bond donors (Lipinski definition) is 2. The zero-order chi connectivity index (χ0) is 11.0. The van der Waals surface area contributed by atoms with E-state index in [2.05, 4.69) is 10.0 Å². The second kappa shape index (κ2) is 6.78. The molecule has 0 aliphatic carbocycles. The van der Waals surface area contributed by atoms with E-state index < -0.39 is 10.0 Å². The first-order chi connectivity index (χ1) is 6.52. The maximum atomic E-state index is 11.0. The van der Waals surface area contributed by atoms with Crippen molar-refractivity contribution in [3.8, 4) is 0 Å². The van der Waals surface area contributed by atoms with Gasteiger partial charge in [-0.3, -0.25) is 4.79 Å². The molecule has 0 rings (SSSR count). The fraction of sp³-hybridized carbons (Fsp3) is 0.875. The molecule has 84 valence electrons. The number of carbonyl (C=O) groups is 1. The van der Waals surface area contributed by atoms with Crippen molar-refractivity contribution >= 4 is 15.9 Å². The highest BCUT2D eigenvalue weighted by Crippen LogP contribution is 1.84. The minimum atomic E-state index is -3.17. The summed E-state index contributed by atoms with van der Waals surface area (Å²) in [7, 11) is -3.17. The predicted octanol–water partition coefficient (Wildman–Crippen LogP) is -0.158. The Morgan fingerprint density at radius 3 is 2.36 bits per heavy atom. The van der Waals surface area contributed by atoms with E-state index in [0.717, 1.165) is 6.42 Å². The Hall–Kier alpha value is -0.620. The normalized spacial score (nSPS) is 11.3. The Balaban J connectivity index is 3.59. The van der Waals surface area contributed by atoms with Gasteiger partial charge in [-0.15, -0.1) is 0 Å². The van der Waals surface area contributed by atoms with Crippen molar-refractivity contribution in [2.45, 2.75) is 26.7 Å². The molecular formula is C8H18N2O3S. The molecule has 0 aromatic heterocycles. The molecule has 0 aromatic rings. The first kappa shape index (κ1) is 13.4. The second-order valence-electron chi connectivity index (χ2n) is 2.90. The summed E-state index contributed by atoms with van der Waals surface area (Å²) in [6, 6.07) is 0. The third kappa shape index (κ3) is 6.85. The third-order valence-electron chi connectivity index (χ3n) is 1.63. The molecular weight excluding hydrogens is 204 g/mol. The monoisotopic (exact) mass is 222 g/mol. The number of amides is 1. The maximum Gasteiger partial charge on any atom is 0.221 e. The lowest BCUT2D eigenvalue weighted by molar-refractivity contribution is -0.120. The van der Waals surface area contributed by atoms with Gasteiger partial charge in [0.1, 0.15) is 0 Å². The Bertz CT molecular complexity index is 262. The Morgan fingerprint density at radius 2 is 1.86 bits per heavy atom. The van der Waals surface area contributed by atoms with Crippen LogP contribution in [0.25, 0.3) is 0 Å². The fourth-order valence-electron chi connectivity index (χ4n) is 0.775. The molecule has 0 saturated carbocycles. The van der Waals surface area contributed by atoms with Crippen LogP contribution >= 0.6 is 0 Å². The van der Waals surface area contributed by atoms with Crippen molar-refractivity contribution in [3.05, 3.63) is 0 Å².